The Balaban J connectivity index is 5.06. The Labute approximate surface area is 184 Å². The zero-order chi connectivity index (χ0) is 26.3. The molecule has 0 N–H and O–H groups in total. The van der Waals surface area contributed by atoms with Crippen molar-refractivity contribution in [2.24, 2.45) is 0 Å². The number of halogens is 6. The molecule has 17 heteroatoms. The Bertz CT molecular complexity index is 892. The van der Waals surface area contributed by atoms with Crippen molar-refractivity contribution in [3.63, 3.8) is 0 Å². The van der Waals surface area contributed by atoms with E-state index in [4.69, 9.17) is 0 Å². The normalized spacial score (nSPS) is 13.9. The second-order valence-corrected chi connectivity index (χ2v) is 11.0. The molecule has 0 bridgehead atoms. The molecule has 0 saturated carbocycles. The Morgan fingerprint density at radius 1 is 0.909 bits per heavy atom. The molecule has 0 aliphatic carbocycles. The summed E-state index contributed by atoms with van der Waals surface area (Å²) in [6, 6.07) is 0. The van der Waals surface area contributed by atoms with Crippen LogP contribution in [0.3, 0.4) is 0 Å². The van der Waals surface area contributed by atoms with Crippen LogP contribution in [0.25, 0.3) is 0 Å². The molecule has 0 heterocycles. The average Bonchev–Trinajstić information content (AvgIpc) is 2.65. The second kappa shape index (κ2) is 11.8. The molecule has 0 aromatic heterocycles. The predicted octanol–water partition coefficient (Wildman–Crippen LogP) is 2.36. The third-order valence-corrected chi connectivity index (χ3v) is 8.39. The van der Waals surface area contributed by atoms with Crippen LogP contribution >= 0.6 is 0 Å². The van der Waals surface area contributed by atoms with Crippen LogP contribution in [0.4, 0.5) is 26.3 Å². The number of hydrogen-bond acceptors (Lipinski definition) is 9. The van der Waals surface area contributed by atoms with Gasteiger partial charge in [0.25, 0.3) is 19.7 Å². The molecule has 0 aliphatic rings. The molecule has 192 valence electrons. The molecule has 0 aromatic rings. The zero-order valence-corrected chi connectivity index (χ0v) is 18.6. The molecule has 0 fully saturated rings. The molecule has 33 heavy (non-hydrogen) atoms. The molecular formula is C16H20F6O9S2. The summed E-state index contributed by atoms with van der Waals surface area (Å²) < 4.78 is 127. The number of alkyl halides is 6. The van der Waals surface area contributed by atoms with Gasteiger partial charge in [0.2, 0.25) is 0 Å². The molecule has 0 rings (SSSR count). The Morgan fingerprint density at radius 2 is 1.39 bits per heavy atom. The van der Waals surface area contributed by atoms with Gasteiger partial charge in [-0.2, -0.15) is 26.3 Å². The summed E-state index contributed by atoms with van der Waals surface area (Å²) in [7, 11) is -13.7. The fraction of sp³-hybridized carbons (Fsp3) is 0.688. The summed E-state index contributed by atoms with van der Waals surface area (Å²) >= 11 is 0. The highest BCUT2D eigenvalue weighted by molar-refractivity contribution is 8.09. The fourth-order valence-corrected chi connectivity index (χ4v) is 5.82. The van der Waals surface area contributed by atoms with Gasteiger partial charge in [0, 0.05) is 25.3 Å². The Kier molecular flexibility index (Phi) is 11.0. The summed E-state index contributed by atoms with van der Waals surface area (Å²) in [6.07, 6.45) is -4.12. The van der Waals surface area contributed by atoms with Crippen molar-refractivity contribution in [2.45, 2.75) is 60.7 Å². The lowest BCUT2D eigenvalue weighted by Gasteiger charge is -2.23. The number of carbonyl (C=O) groups excluding carboxylic acids is 3. The standard InChI is InChI=1S/C16H20F6O9S2/c1-3-12(24)30-8-4-5-11(23)6-7-13(25)31-10(2)9-14(32(26,27)15(17,18)19)33(28,29)16(20,21)22/h3,10,14H,1,4-9H2,2H3. The number of ether oxygens (including phenoxy) is 2. The van der Waals surface area contributed by atoms with E-state index in [9.17, 15) is 57.6 Å². The van der Waals surface area contributed by atoms with Crippen LogP contribution in [0.1, 0.15) is 39.0 Å². The van der Waals surface area contributed by atoms with Crippen molar-refractivity contribution in [3.8, 4) is 0 Å². The fourth-order valence-electron chi connectivity index (χ4n) is 2.19. The molecule has 0 radical (unpaired) electrons. The highest BCUT2D eigenvalue weighted by Gasteiger charge is 2.63. The summed E-state index contributed by atoms with van der Waals surface area (Å²) in [5.41, 5.74) is -12.7. The SMILES string of the molecule is C=CC(=O)OCCCC(=O)CCC(=O)OC(C)CC(S(=O)(=O)C(F)(F)F)S(=O)(=O)C(F)(F)F. The first-order chi connectivity index (χ1) is 14.8. The summed E-state index contributed by atoms with van der Waals surface area (Å²) in [6.45, 7) is 3.71. The number of esters is 2. The van der Waals surface area contributed by atoms with Crippen molar-refractivity contribution >= 4 is 37.4 Å². The lowest BCUT2D eigenvalue weighted by atomic mass is 10.1. The number of sulfone groups is 2. The molecule has 0 spiro atoms. The third kappa shape index (κ3) is 9.30. The summed E-state index contributed by atoms with van der Waals surface area (Å²) in [5.74, 6) is -2.54. The highest BCUT2D eigenvalue weighted by atomic mass is 32.3. The molecule has 1 atom stereocenters. The first-order valence-corrected chi connectivity index (χ1v) is 12.0. The van der Waals surface area contributed by atoms with E-state index in [1.807, 2.05) is 0 Å². The van der Waals surface area contributed by atoms with Crippen LogP contribution in [0.15, 0.2) is 12.7 Å². The van der Waals surface area contributed by atoms with E-state index >= 15 is 0 Å². The van der Waals surface area contributed by atoms with Gasteiger partial charge in [-0.1, -0.05) is 6.58 Å². The van der Waals surface area contributed by atoms with Gasteiger partial charge < -0.3 is 9.47 Å². The van der Waals surface area contributed by atoms with E-state index in [1.54, 1.807) is 0 Å². The maximum absolute atomic E-state index is 12.7. The minimum Gasteiger partial charge on any atom is -0.463 e. The molecular weight excluding hydrogens is 514 g/mol. The van der Waals surface area contributed by atoms with Crippen molar-refractivity contribution in [2.75, 3.05) is 6.61 Å². The molecule has 1 unspecified atom stereocenters. The number of Topliss-reactive ketones (excluding diaryl/α,β-unsaturated/α-hetero) is 1. The monoisotopic (exact) mass is 534 g/mol. The molecule has 0 saturated heterocycles. The van der Waals surface area contributed by atoms with E-state index in [0.29, 0.717) is 6.92 Å². The Morgan fingerprint density at radius 3 is 1.82 bits per heavy atom. The second-order valence-electron chi connectivity index (χ2n) is 6.46. The topological polar surface area (TPSA) is 138 Å². The zero-order valence-electron chi connectivity index (χ0n) is 16.9. The quantitative estimate of drug-likeness (QED) is 0.151. The van der Waals surface area contributed by atoms with Gasteiger partial charge in [0.15, 0.2) is 4.58 Å². The molecule has 0 amide bonds. The number of rotatable bonds is 13. The summed E-state index contributed by atoms with van der Waals surface area (Å²) in [4.78, 5) is 34.1. The Hall–Kier alpha value is -2.17. The highest BCUT2D eigenvalue weighted by Crippen LogP contribution is 2.38. The lowest BCUT2D eigenvalue weighted by Crippen LogP contribution is -2.46. The van der Waals surface area contributed by atoms with E-state index < -0.39 is 78.4 Å². The lowest BCUT2D eigenvalue weighted by molar-refractivity contribution is -0.149. The summed E-state index contributed by atoms with van der Waals surface area (Å²) in [5, 5.41) is 0. The third-order valence-electron chi connectivity index (χ3n) is 3.81. The van der Waals surface area contributed by atoms with Gasteiger partial charge in [0.1, 0.15) is 11.9 Å². The van der Waals surface area contributed by atoms with E-state index in [0.717, 1.165) is 6.08 Å². The van der Waals surface area contributed by atoms with Gasteiger partial charge in [-0.15, -0.1) is 0 Å². The van der Waals surface area contributed by atoms with Gasteiger partial charge >= 0.3 is 23.0 Å². The van der Waals surface area contributed by atoms with E-state index in [-0.39, 0.29) is 19.4 Å². The van der Waals surface area contributed by atoms with E-state index in [1.165, 1.54) is 0 Å². The first-order valence-electron chi connectivity index (χ1n) is 8.88. The molecule has 9 nitrogen and oxygen atoms in total. The van der Waals surface area contributed by atoms with Crippen LogP contribution in [0.2, 0.25) is 0 Å². The van der Waals surface area contributed by atoms with Crippen molar-refractivity contribution in [1.29, 1.82) is 0 Å². The maximum Gasteiger partial charge on any atom is 0.498 e. The van der Waals surface area contributed by atoms with Crippen LogP contribution < -0.4 is 0 Å². The number of hydrogen-bond donors (Lipinski definition) is 0. The predicted molar refractivity (Wildman–Crippen MR) is 98.5 cm³/mol. The minimum absolute atomic E-state index is 0.0934. The average molecular weight is 534 g/mol. The first kappa shape index (κ1) is 30.8. The van der Waals surface area contributed by atoms with Crippen LogP contribution in [-0.4, -0.2) is 62.9 Å². The van der Waals surface area contributed by atoms with Crippen molar-refractivity contribution < 1.29 is 67.0 Å². The van der Waals surface area contributed by atoms with Crippen molar-refractivity contribution in [3.05, 3.63) is 12.7 Å². The largest absolute Gasteiger partial charge is 0.498 e. The van der Waals surface area contributed by atoms with Crippen LogP contribution in [-0.2, 0) is 43.5 Å². The van der Waals surface area contributed by atoms with Crippen molar-refractivity contribution in [1.82, 2.24) is 0 Å². The number of carbonyl (C=O) groups is 3. The van der Waals surface area contributed by atoms with Gasteiger partial charge in [-0.3, -0.25) is 9.59 Å². The number of ketones is 1. The van der Waals surface area contributed by atoms with Gasteiger partial charge in [0.05, 0.1) is 13.0 Å². The van der Waals surface area contributed by atoms with Gasteiger partial charge in [-0.25, -0.2) is 21.6 Å². The minimum atomic E-state index is -6.85. The van der Waals surface area contributed by atoms with Crippen LogP contribution in [0, 0.1) is 0 Å². The molecule has 0 aromatic carbocycles. The smallest absolute Gasteiger partial charge is 0.463 e. The molecule has 0 aliphatic heterocycles. The van der Waals surface area contributed by atoms with E-state index in [2.05, 4.69) is 16.1 Å². The maximum atomic E-state index is 12.7. The van der Waals surface area contributed by atoms with Crippen LogP contribution in [0.5, 0.6) is 0 Å². The van der Waals surface area contributed by atoms with Gasteiger partial charge in [-0.05, 0) is 13.3 Å².